The molecule has 0 aromatic carbocycles. The highest BCUT2D eigenvalue weighted by atomic mass is 32.1. The van der Waals surface area contributed by atoms with E-state index < -0.39 is 0 Å². The molecule has 0 radical (unpaired) electrons. The number of ketones is 1. The van der Waals surface area contributed by atoms with Gasteiger partial charge in [-0.25, -0.2) is 0 Å². The highest BCUT2D eigenvalue weighted by Crippen LogP contribution is 2.12. The van der Waals surface area contributed by atoms with Crippen LogP contribution in [0.2, 0.25) is 0 Å². The van der Waals surface area contributed by atoms with E-state index in [1.165, 1.54) is 0 Å². The lowest BCUT2D eigenvalue weighted by Crippen LogP contribution is -2.10. The Bertz CT molecular complexity index is 514. The van der Waals surface area contributed by atoms with Gasteiger partial charge < -0.3 is 0 Å². The molecule has 0 fully saturated rings. The summed E-state index contributed by atoms with van der Waals surface area (Å²) in [4.78, 5) is 13.1. The Morgan fingerprint density at radius 1 is 1.39 bits per heavy atom. The summed E-state index contributed by atoms with van der Waals surface area (Å²) in [6, 6.07) is 6.05. The minimum absolute atomic E-state index is 0.259. The molecule has 0 aliphatic rings. The van der Waals surface area contributed by atoms with Crippen molar-refractivity contribution in [3.8, 4) is 0 Å². The number of Topliss-reactive ketones (excluding diaryl/α,β-unsaturated/α-hetero) is 1. The number of hydrogen-bond donors (Lipinski definition) is 0. The van der Waals surface area contributed by atoms with E-state index in [9.17, 15) is 4.79 Å². The van der Waals surface area contributed by atoms with E-state index in [1.54, 1.807) is 11.3 Å². The van der Waals surface area contributed by atoms with Gasteiger partial charge in [0.05, 0.1) is 5.69 Å². The topological polar surface area (TPSA) is 34.9 Å². The summed E-state index contributed by atoms with van der Waals surface area (Å²) in [6.07, 6.45) is 1.94. The predicted molar refractivity (Wildman–Crippen MR) is 74.0 cm³/mol. The molecular weight excluding hydrogens is 244 g/mol. The fraction of sp³-hybridized carbons (Fsp3) is 0.429. The van der Waals surface area contributed by atoms with Gasteiger partial charge in [-0.1, -0.05) is 13.0 Å². The number of carbonyl (C=O) groups is 1. The van der Waals surface area contributed by atoms with E-state index >= 15 is 0 Å². The molecule has 0 aliphatic heterocycles. The van der Waals surface area contributed by atoms with Gasteiger partial charge in [0.25, 0.3) is 0 Å². The third kappa shape index (κ3) is 3.07. The number of hydrogen-bond acceptors (Lipinski definition) is 3. The second kappa shape index (κ2) is 5.96. The highest BCUT2D eigenvalue weighted by molar-refractivity contribution is 7.10. The van der Waals surface area contributed by atoms with Crippen LogP contribution in [0.3, 0.4) is 0 Å². The Balaban J connectivity index is 2.04. The summed E-state index contributed by atoms with van der Waals surface area (Å²) in [5.74, 6) is 0.259. The highest BCUT2D eigenvalue weighted by Gasteiger charge is 2.11. The van der Waals surface area contributed by atoms with Crippen molar-refractivity contribution in [1.82, 2.24) is 9.78 Å². The van der Waals surface area contributed by atoms with Crippen molar-refractivity contribution < 1.29 is 4.79 Å². The van der Waals surface area contributed by atoms with Gasteiger partial charge in [-0.15, -0.1) is 11.3 Å². The lowest BCUT2D eigenvalue weighted by molar-refractivity contribution is -0.117. The van der Waals surface area contributed by atoms with Gasteiger partial charge in [-0.05, 0) is 30.9 Å². The second-order valence-corrected chi connectivity index (χ2v) is 5.30. The van der Waals surface area contributed by atoms with Crippen LogP contribution in [0.15, 0.2) is 23.6 Å². The SMILES string of the molecule is CCc1cc(CC(=O)Cc2cccs2)n(CC)n1. The van der Waals surface area contributed by atoms with Crippen LogP contribution >= 0.6 is 11.3 Å². The molecule has 0 saturated heterocycles. The molecule has 2 aromatic heterocycles. The molecule has 2 heterocycles. The number of aryl methyl sites for hydroxylation is 2. The zero-order valence-electron chi connectivity index (χ0n) is 10.8. The molecule has 0 atom stereocenters. The third-order valence-corrected chi connectivity index (χ3v) is 3.78. The van der Waals surface area contributed by atoms with Crippen molar-refractivity contribution in [2.75, 3.05) is 0 Å². The smallest absolute Gasteiger partial charge is 0.144 e. The normalized spacial score (nSPS) is 10.8. The van der Waals surface area contributed by atoms with Gasteiger partial charge >= 0.3 is 0 Å². The van der Waals surface area contributed by atoms with Crippen LogP contribution in [0.4, 0.5) is 0 Å². The van der Waals surface area contributed by atoms with Gasteiger partial charge in [0.1, 0.15) is 5.78 Å². The third-order valence-electron chi connectivity index (χ3n) is 2.91. The summed E-state index contributed by atoms with van der Waals surface area (Å²) in [5.41, 5.74) is 2.10. The van der Waals surface area contributed by atoms with Gasteiger partial charge in [0, 0.05) is 30.0 Å². The average Bonchev–Trinajstić information content (AvgIpc) is 2.98. The first-order valence-corrected chi connectivity index (χ1v) is 7.20. The molecule has 18 heavy (non-hydrogen) atoms. The zero-order chi connectivity index (χ0) is 13.0. The Kier molecular flexibility index (Phi) is 4.31. The Hall–Kier alpha value is -1.42. The average molecular weight is 262 g/mol. The van der Waals surface area contributed by atoms with Crippen LogP contribution in [0.1, 0.15) is 30.1 Å². The first kappa shape index (κ1) is 13.0. The standard InChI is InChI=1S/C14H18N2OS/c1-3-11-8-12(16(4-2)15-11)9-13(17)10-14-6-5-7-18-14/h5-8H,3-4,9-10H2,1-2H3. The molecule has 2 rings (SSSR count). The minimum atomic E-state index is 0.259. The van der Waals surface area contributed by atoms with Crippen molar-refractivity contribution in [3.63, 3.8) is 0 Å². The maximum Gasteiger partial charge on any atom is 0.144 e. The van der Waals surface area contributed by atoms with Gasteiger partial charge in [-0.2, -0.15) is 5.10 Å². The minimum Gasteiger partial charge on any atom is -0.299 e. The molecule has 4 heteroatoms. The van der Waals surface area contributed by atoms with Crippen molar-refractivity contribution in [1.29, 1.82) is 0 Å². The summed E-state index contributed by atoms with van der Waals surface area (Å²) in [5, 5.41) is 6.47. The van der Waals surface area contributed by atoms with Crippen molar-refractivity contribution in [3.05, 3.63) is 39.8 Å². The summed E-state index contributed by atoms with van der Waals surface area (Å²) in [6.45, 7) is 4.96. The quantitative estimate of drug-likeness (QED) is 0.802. The molecule has 0 unspecified atom stereocenters. The molecule has 0 N–H and O–H groups in total. The fourth-order valence-electron chi connectivity index (χ4n) is 1.98. The summed E-state index contributed by atoms with van der Waals surface area (Å²) < 4.78 is 1.94. The van der Waals surface area contributed by atoms with Crippen LogP contribution in [0.5, 0.6) is 0 Å². The van der Waals surface area contributed by atoms with E-state index in [-0.39, 0.29) is 5.78 Å². The first-order chi connectivity index (χ1) is 8.72. The molecule has 0 bridgehead atoms. The predicted octanol–water partition coefficient (Wildman–Crippen LogP) is 2.88. The van der Waals surface area contributed by atoms with E-state index in [4.69, 9.17) is 0 Å². The van der Waals surface area contributed by atoms with Crippen LogP contribution in [-0.2, 0) is 30.6 Å². The van der Waals surface area contributed by atoms with Crippen LogP contribution in [0, 0.1) is 0 Å². The molecule has 3 nitrogen and oxygen atoms in total. The van der Waals surface area contributed by atoms with Crippen LogP contribution < -0.4 is 0 Å². The number of carbonyl (C=O) groups excluding carboxylic acids is 1. The van der Waals surface area contributed by atoms with Gasteiger partial charge in [0.15, 0.2) is 0 Å². The maximum atomic E-state index is 12.0. The van der Waals surface area contributed by atoms with Crippen molar-refractivity contribution in [2.24, 2.45) is 0 Å². The number of aromatic nitrogens is 2. The number of nitrogens with zero attached hydrogens (tertiary/aromatic N) is 2. The molecule has 0 spiro atoms. The fourth-order valence-corrected chi connectivity index (χ4v) is 2.71. The van der Waals surface area contributed by atoms with E-state index in [0.29, 0.717) is 12.8 Å². The van der Waals surface area contributed by atoms with Gasteiger partial charge in [-0.3, -0.25) is 9.48 Å². The summed E-state index contributed by atoms with van der Waals surface area (Å²) >= 11 is 1.64. The molecular formula is C14H18N2OS. The monoisotopic (exact) mass is 262 g/mol. The van der Waals surface area contributed by atoms with Gasteiger partial charge in [0.2, 0.25) is 0 Å². The summed E-state index contributed by atoms with van der Waals surface area (Å²) in [7, 11) is 0. The lowest BCUT2D eigenvalue weighted by Gasteiger charge is -2.03. The maximum absolute atomic E-state index is 12.0. The largest absolute Gasteiger partial charge is 0.299 e. The van der Waals surface area contributed by atoms with Crippen LogP contribution in [0.25, 0.3) is 0 Å². The molecule has 0 saturated carbocycles. The zero-order valence-corrected chi connectivity index (χ0v) is 11.7. The lowest BCUT2D eigenvalue weighted by atomic mass is 10.1. The van der Waals surface area contributed by atoms with Crippen LogP contribution in [-0.4, -0.2) is 15.6 Å². The molecule has 0 aliphatic carbocycles. The number of thiophene rings is 1. The Labute approximate surface area is 111 Å². The molecule has 96 valence electrons. The van der Waals surface area contributed by atoms with Crippen molar-refractivity contribution in [2.45, 2.75) is 39.7 Å². The van der Waals surface area contributed by atoms with Crippen molar-refractivity contribution >= 4 is 17.1 Å². The van der Waals surface area contributed by atoms with E-state index in [0.717, 1.165) is 29.2 Å². The number of rotatable bonds is 6. The van der Waals surface area contributed by atoms with E-state index in [1.807, 2.05) is 22.2 Å². The van der Waals surface area contributed by atoms with E-state index in [2.05, 4.69) is 25.0 Å². The molecule has 2 aromatic rings. The Morgan fingerprint density at radius 2 is 2.22 bits per heavy atom. The second-order valence-electron chi connectivity index (χ2n) is 4.27. The first-order valence-electron chi connectivity index (χ1n) is 6.32. The molecule has 0 amide bonds. The Morgan fingerprint density at radius 3 is 2.83 bits per heavy atom.